The Morgan fingerprint density at radius 1 is 1.03 bits per heavy atom. The molecule has 39 heavy (non-hydrogen) atoms. The normalized spacial score (nSPS) is 13.8. The molecule has 4 aromatic rings. The zero-order valence-electron chi connectivity index (χ0n) is 21.2. The first kappa shape index (κ1) is 26.8. The number of carbonyl (C=O) groups excluding carboxylic acids is 1. The Kier molecular flexibility index (Phi) is 7.64. The van der Waals surface area contributed by atoms with Crippen molar-refractivity contribution >= 4 is 66.3 Å². The fourth-order valence-electron chi connectivity index (χ4n) is 4.37. The number of ether oxygens (including phenoxy) is 1. The lowest BCUT2D eigenvalue weighted by molar-refractivity contribution is -0.117. The number of nitrogens with zero attached hydrogens (tertiary/aromatic N) is 4. The minimum absolute atomic E-state index is 0.00129. The summed E-state index contributed by atoms with van der Waals surface area (Å²) in [5.74, 6) is 1.07. The van der Waals surface area contributed by atoms with E-state index in [0.717, 1.165) is 52.9 Å². The topological polar surface area (TPSA) is 117 Å². The number of rotatable bonds is 6. The molecular weight excluding hydrogens is 557 g/mol. The number of aromatic nitrogens is 2. The van der Waals surface area contributed by atoms with E-state index in [9.17, 15) is 13.2 Å². The van der Waals surface area contributed by atoms with Crippen LogP contribution >= 0.6 is 23.6 Å². The molecule has 202 valence electrons. The number of sulfonamides is 1. The fraction of sp³-hybridized carbons (Fsp3) is 0.231. The van der Waals surface area contributed by atoms with Gasteiger partial charge in [-0.25, -0.2) is 23.1 Å². The molecule has 5 rings (SSSR count). The lowest BCUT2D eigenvalue weighted by Crippen LogP contribution is -2.50. The second-order valence-corrected chi connectivity index (χ2v) is 11.8. The van der Waals surface area contributed by atoms with E-state index in [1.165, 1.54) is 12.1 Å². The number of hydrogen-bond donors (Lipinski definition) is 2. The predicted octanol–water partition coefficient (Wildman–Crippen LogP) is 3.71. The van der Waals surface area contributed by atoms with Gasteiger partial charge in [0, 0.05) is 49.7 Å². The van der Waals surface area contributed by atoms with Crippen LogP contribution in [0.2, 0.25) is 0 Å². The van der Waals surface area contributed by atoms with E-state index in [-0.39, 0.29) is 4.90 Å². The van der Waals surface area contributed by atoms with Gasteiger partial charge in [0.25, 0.3) is 10.0 Å². The van der Waals surface area contributed by atoms with Crippen molar-refractivity contribution in [3.8, 4) is 16.9 Å². The fourth-order valence-corrected chi connectivity index (χ4v) is 6.57. The molecule has 1 aliphatic heterocycles. The number of nitrogens with one attached hydrogen (secondary N) is 2. The number of methoxy groups -OCH3 is 1. The second kappa shape index (κ2) is 11.1. The molecule has 3 heterocycles. The van der Waals surface area contributed by atoms with E-state index in [4.69, 9.17) is 17.0 Å². The maximum atomic E-state index is 12.2. The highest BCUT2D eigenvalue weighted by Gasteiger charge is 2.24. The molecule has 1 saturated heterocycles. The third-order valence-corrected chi connectivity index (χ3v) is 9.01. The van der Waals surface area contributed by atoms with Crippen molar-refractivity contribution < 1.29 is 17.9 Å². The van der Waals surface area contributed by atoms with Gasteiger partial charge in [-0.05, 0) is 54.2 Å². The Balaban J connectivity index is 1.26. The van der Waals surface area contributed by atoms with Gasteiger partial charge in [0.1, 0.15) is 22.7 Å². The number of hydrogen-bond acceptors (Lipinski definition) is 9. The van der Waals surface area contributed by atoms with E-state index >= 15 is 0 Å². The first-order valence-corrected chi connectivity index (χ1v) is 14.8. The maximum Gasteiger partial charge on any atom is 0.264 e. The van der Waals surface area contributed by atoms with Crippen molar-refractivity contribution in [2.45, 2.75) is 11.8 Å². The van der Waals surface area contributed by atoms with Gasteiger partial charge in [-0.15, -0.1) is 11.3 Å². The molecule has 0 aliphatic carbocycles. The number of piperazine rings is 1. The van der Waals surface area contributed by atoms with E-state index in [0.29, 0.717) is 23.9 Å². The molecule has 0 bridgehead atoms. The summed E-state index contributed by atoms with van der Waals surface area (Å²) in [7, 11) is -2.23. The van der Waals surface area contributed by atoms with Crippen LogP contribution in [0.4, 0.5) is 11.5 Å². The lowest BCUT2D eigenvalue weighted by atomic mass is 10.1. The predicted molar refractivity (Wildman–Crippen MR) is 157 cm³/mol. The maximum absolute atomic E-state index is 12.2. The summed E-state index contributed by atoms with van der Waals surface area (Å²) >= 11 is 7.23. The number of benzene rings is 2. The molecule has 2 aromatic carbocycles. The van der Waals surface area contributed by atoms with Crippen molar-refractivity contribution in [2.24, 2.45) is 0 Å². The largest absolute Gasteiger partial charge is 0.497 e. The molecule has 0 spiro atoms. The van der Waals surface area contributed by atoms with E-state index in [1.807, 2.05) is 29.0 Å². The Morgan fingerprint density at radius 2 is 1.72 bits per heavy atom. The highest BCUT2D eigenvalue weighted by Crippen LogP contribution is 2.38. The molecule has 1 aliphatic rings. The molecular formula is C26H26N6O4S3. The van der Waals surface area contributed by atoms with Gasteiger partial charge in [-0.3, -0.25) is 4.79 Å². The standard InChI is InChI=1S/C26H26N6O4S3/c1-17(33)30-39(34,35)21-9-5-19(6-10-21)29-26(37)32-13-11-31(12-14-32)24-23-22(15-38-25(23)28-16-27-24)18-3-7-20(36-2)8-4-18/h3-10,15-16H,11-14H2,1-2H3,(H,29,37)(H,30,33). The quantitative estimate of drug-likeness (QED) is 0.326. The summed E-state index contributed by atoms with van der Waals surface area (Å²) in [5.41, 5.74) is 2.83. The van der Waals surface area contributed by atoms with Crippen LogP contribution in [0.15, 0.2) is 65.1 Å². The Bertz CT molecular complexity index is 1610. The molecule has 13 heteroatoms. The minimum Gasteiger partial charge on any atom is -0.497 e. The van der Waals surface area contributed by atoms with Gasteiger partial charge in [0.05, 0.1) is 17.4 Å². The number of carbonyl (C=O) groups is 1. The van der Waals surface area contributed by atoms with Crippen LogP contribution in [-0.4, -0.2) is 67.6 Å². The van der Waals surface area contributed by atoms with Crippen molar-refractivity contribution in [3.63, 3.8) is 0 Å². The molecule has 1 fully saturated rings. The van der Waals surface area contributed by atoms with Crippen LogP contribution in [0.5, 0.6) is 5.75 Å². The smallest absolute Gasteiger partial charge is 0.264 e. The van der Waals surface area contributed by atoms with Gasteiger partial charge in [0.2, 0.25) is 5.91 Å². The number of amides is 1. The lowest BCUT2D eigenvalue weighted by Gasteiger charge is -2.37. The number of anilines is 2. The molecule has 0 atom stereocenters. The van der Waals surface area contributed by atoms with Crippen molar-refractivity contribution in [1.82, 2.24) is 19.6 Å². The van der Waals surface area contributed by atoms with Crippen LogP contribution < -0.4 is 19.7 Å². The summed E-state index contributed by atoms with van der Waals surface area (Å²) in [6, 6.07) is 14.1. The SMILES string of the molecule is COc1ccc(-c2csc3ncnc(N4CCN(C(=S)Nc5ccc(S(=O)(=O)NC(C)=O)cc5)CC4)c23)cc1. The average molecular weight is 583 g/mol. The minimum atomic E-state index is -3.88. The molecule has 2 N–H and O–H groups in total. The van der Waals surface area contributed by atoms with Crippen molar-refractivity contribution in [3.05, 3.63) is 60.2 Å². The number of fused-ring (bicyclic) bond motifs is 1. The average Bonchev–Trinajstić information content (AvgIpc) is 3.37. The third-order valence-electron chi connectivity index (χ3n) is 6.31. The molecule has 0 saturated carbocycles. The molecule has 0 unspecified atom stereocenters. The Hall–Kier alpha value is -3.81. The highest BCUT2D eigenvalue weighted by molar-refractivity contribution is 7.90. The summed E-state index contributed by atoms with van der Waals surface area (Å²) in [4.78, 5) is 25.6. The molecule has 2 aromatic heterocycles. The number of thiocarbonyl (C=S) groups is 1. The van der Waals surface area contributed by atoms with Gasteiger partial charge in [-0.1, -0.05) is 12.1 Å². The summed E-state index contributed by atoms with van der Waals surface area (Å²) in [6.07, 6.45) is 1.61. The van der Waals surface area contributed by atoms with Crippen LogP contribution in [-0.2, 0) is 14.8 Å². The molecule has 10 nitrogen and oxygen atoms in total. The van der Waals surface area contributed by atoms with E-state index in [1.54, 1.807) is 36.9 Å². The van der Waals surface area contributed by atoms with Crippen LogP contribution in [0, 0.1) is 0 Å². The Morgan fingerprint density at radius 3 is 2.36 bits per heavy atom. The first-order valence-electron chi connectivity index (χ1n) is 12.1. The summed E-state index contributed by atoms with van der Waals surface area (Å²) < 4.78 is 31.6. The summed E-state index contributed by atoms with van der Waals surface area (Å²) in [6.45, 7) is 3.97. The van der Waals surface area contributed by atoms with Gasteiger partial charge in [-0.2, -0.15) is 0 Å². The Labute approximate surface area is 235 Å². The van der Waals surface area contributed by atoms with Gasteiger partial charge >= 0.3 is 0 Å². The highest BCUT2D eigenvalue weighted by atomic mass is 32.2. The van der Waals surface area contributed by atoms with E-state index < -0.39 is 15.9 Å². The number of thiophene rings is 1. The monoisotopic (exact) mass is 582 g/mol. The van der Waals surface area contributed by atoms with Crippen LogP contribution in [0.3, 0.4) is 0 Å². The van der Waals surface area contributed by atoms with Crippen LogP contribution in [0.25, 0.3) is 21.3 Å². The third kappa shape index (κ3) is 5.79. The second-order valence-electron chi connectivity index (χ2n) is 8.85. The van der Waals surface area contributed by atoms with Crippen molar-refractivity contribution in [1.29, 1.82) is 0 Å². The first-order chi connectivity index (χ1) is 18.7. The van der Waals surface area contributed by atoms with Gasteiger partial charge < -0.3 is 19.9 Å². The van der Waals surface area contributed by atoms with Crippen molar-refractivity contribution in [2.75, 3.05) is 43.5 Å². The zero-order chi connectivity index (χ0) is 27.6. The zero-order valence-corrected chi connectivity index (χ0v) is 23.7. The summed E-state index contributed by atoms with van der Waals surface area (Å²) in [5, 5.41) is 6.88. The molecule has 0 radical (unpaired) electrons. The van der Waals surface area contributed by atoms with Crippen LogP contribution in [0.1, 0.15) is 6.92 Å². The van der Waals surface area contributed by atoms with E-state index in [2.05, 4.69) is 30.5 Å². The molecule has 1 amide bonds. The van der Waals surface area contributed by atoms with Gasteiger partial charge in [0.15, 0.2) is 5.11 Å².